The molecule has 1 nitrogen and oxygen atoms in total. The molecule has 0 spiro atoms. The Labute approximate surface area is 99.2 Å². The van der Waals surface area contributed by atoms with E-state index in [-0.39, 0.29) is 0 Å². The lowest BCUT2D eigenvalue weighted by Gasteiger charge is -2.23. The van der Waals surface area contributed by atoms with E-state index in [1.807, 2.05) is 36.4 Å². The van der Waals surface area contributed by atoms with Crippen LogP contribution in [0.25, 0.3) is 5.57 Å². The predicted molar refractivity (Wildman–Crippen MR) is 65.7 cm³/mol. The maximum atomic E-state index is 6.17. The summed E-state index contributed by atoms with van der Waals surface area (Å²) in [6.07, 6.45) is 4.13. The first-order valence-corrected chi connectivity index (χ1v) is 5.45. The van der Waals surface area contributed by atoms with Crippen LogP contribution < -0.4 is 5.73 Å². The maximum Gasteiger partial charge on any atom is 0.115 e. The highest BCUT2D eigenvalue weighted by molar-refractivity contribution is 6.35. The monoisotopic (exact) mass is 239 g/mol. The Kier molecular flexibility index (Phi) is 2.87. The minimum atomic E-state index is -0.838. The summed E-state index contributed by atoms with van der Waals surface area (Å²) in [5, 5.41) is 0.709. The second-order valence-electron chi connectivity index (χ2n) is 3.62. The van der Waals surface area contributed by atoms with Crippen molar-refractivity contribution in [2.24, 2.45) is 5.73 Å². The normalized spacial score (nSPS) is 25.8. The molecule has 0 aromatic heterocycles. The summed E-state index contributed by atoms with van der Waals surface area (Å²) in [6, 6.07) is 9.95. The van der Waals surface area contributed by atoms with Crippen molar-refractivity contribution >= 4 is 28.8 Å². The quantitative estimate of drug-likeness (QED) is 0.590. The Morgan fingerprint density at radius 3 is 2.47 bits per heavy atom. The standard InChI is InChI=1S/C12H11Cl2N/c13-11-8-12(14,15)7-6-10(11)9-4-2-1-3-5-9/h1-7H,8,15H2. The van der Waals surface area contributed by atoms with E-state index in [9.17, 15) is 0 Å². The summed E-state index contributed by atoms with van der Waals surface area (Å²) in [6.45, 7) is 0. The van der Waals surface area contributed by atoms with Gasteiger partial charge in [-0.05, 0) is 17.2 Å². The van der Waals surface area contributed by atoms with Crippen molar-refractivity contribution in [3.05, 3.63) is 53.1 Å². The molecule has 15 heavy (non-hydrogen) atoms. The number of nitrogens with two attached hydrogens (primary N) is 1. The van der Waals surface area contributed by atoms with Crippen LogP contribution in [-0.4, -0.2) is 5.00 Å². The zero-order valence-electron chi connectivity index (χ0n) is 8.08. The van der Waals surface area contributed by atoms with Crippen LogP contribution in [-0.2, 0) is 0 Å². The molecule has 1 aliphatic rings. The Balaban J connectivity index is 2.37. The molecular weight excluding hydrogens is 229 g/mol. The second kappa shape index (κ2) is 4.01. The van der Waals surface area contributed by atoms with Gasteiger partial charge in [-0.2, -0.15) is 0 Å². The topological polar surface area (TPSA) is 26.0 Å². The third kappa shape index (κ3) is 2.43. The van der Waals surface area contributed by atoms with Crippen molar-refractivity contribution in [2.75, 3.05) is 0 Å². The van der Waals surface area contributed by atoms with Crippen LogP contribution in [0.4, 0.5) is 0 Å². The highest BCUT2D eigenvalue weighted by Crippen LogP contribution is 2.35. The largest absolute Gasteiger partial charge is 0.309 e. The van der Waals surface area contributed by atoms with Gasteiger partial charge in [0.15, 0.2) is 0 Å². The van der Waals surface area contributed by atoms with Gasteiger partial charge in [0.25, 0.3) is 0 Å². The molecule has 1 aromatic rings. The molecule has 1 aromatic carbocycles. The van der Waals surface area contributed by atoms with E-state index in [1.54, 1.807) is 6.08 Å². The van der Waals surface area contributed by atoms with Crippen LogP contribution in [0.15, 0.2) is 47.5 Å². The molecule has 0 aliphatic heterocycles. The average molecular weight is 240 g/mol. The molecule has 1 atom stereocenters. The van der Waals surface area contributed by atoms with Gasteiger partial charge >= 0.3 is 0 Å². The molecule has 0 fully saturated rings. The summed E-state index contributed by atoms with van der Waals surface area (Å²) in [4.78, 5) is -0.838. The number of hydrogen-bond donors (Lipinski definition) is 1. The molecule has 0 radical (unpaired) electrons. The van der Waals surface area contributed by atoms with Gasteiger partial charge in [0.05, 0.1) is 0 Å². The Hall–Kier alpha value is -0.760. The number of halogens is 2. The third-order valence-corrected chi connectivity index (χ3v) is 2.93. The molecule has 1 unspecified atom stereocenters. The number of alkyl halides is 1. The summed E-state index contributed by atoms with van der Waals surface area (Å²) in [5.74, 6) is 0. The van der Waals surface area contributed by atoms with E-state index in [1.165, 1.54) is 0 Å². The van der Waals surface area contributed by atoms with Gasteiger partial charge in [0.1, 0.15) is 5.00 Å². The summed E-state index contributed by atoms with van der Waals surface area (Å²) >= 11 is 12.2. The van der Waals surface area contributed by atoms with Gasteiger partial charge in [-0.25, -0.2) is 0 Å². The molecule has 0 saturated heterocycles. The molecule has 0 heterocycles. The number of benzene rings is 1. The average Bonchev–Trinajstić information content (AvgIpc) is 2.17. The Bertz CT molecular complexity index is 419. The summed E-state index contributed by atoms with van der Waals surface area (Å²) in [7, 11) is 0. The van der Waals surface area contributed by atoms with Crippen molar-refractivity contribution in [2.45, 2.75) is 11.4 Å². The second-order valence-corrected chi connectivity index (χ2v) is 4.78. The fourth-order valence-corrected chi connectivity index (χ4v) is 2.23. The Morgan fingerprint density at radius 1 is 1.20 bits per heavy atom. The molecule has 2 N–H and O–H groups in total. The third-order valence-electron chi connectivity index (χ3n) is 2.33. The zero-order chi connectivity index (χ0) is 10.9. The van der Waals surface area contributed by atoms with Crippen LogP contribution in [0.5, 0.6) is 0 Å². The van der Waals surface area contributed by atoms with Crippen LogP contribution in [0, 0.1) is 0 Å². The molecule has 0 amide bonds. The van der Waals surface area contributed by atoms with Crippen molar-refractivity contribution in [1.29, 1.82) is 0 Å². The van der Waals surface area contributed by atoms with Gasteiger partial charge in [0, 0.05) is 11.5 Å². The van der Waals surface area contributed by atoms with Gasteiger partial charge in [-0.3, -0.25) is 0 Å². The van der Waals surface area contributed by atoms with Gasteiger partial charge in [-0.15, -0.1) is 0 Å². The van der Waals surface area contributed by atoms with E-state index in [0.29, 0.717) is 11.5 Å². The van der Waals surface area contributed by atoms with Crippen molar-refractivity contribution in [1.82, 2.24) is 0 Å². The first-order valence-electron chi connectivity index (χ1n) is 4.70. The highest BCUT2D eigenvalue weighted by Gasteiger charge is 2.24. The molecular formula is C12H11Cl2N. The lowest BCUT2D eigenvalue weighted by molar-refractivity contribution is 0.737. The smallest absolute Gasteiger partial charge is 0.115 e. The first kappa shape index (κ1) is 10.7. The van der Waals surface area contributed by atoms with Crippen LogP contribution in [0.1, 0.15) is 12.0 Å². The van der Waals surface area contributed by atoms with E-state index >= 15 is 0 Å². The van der Waals surface area contributed by atoms with E-state index in [0.717, 1.165) is 11.1 Å². The highest BCUT2D eigenvalue weighted by atomic mass is 35.5. The van der Waals surface area contributed by atoms with Crippen LogP contribution >= 0.6 is 23.2 Å². The number of rotatable bonds is 1. The molecule has 0 bridgehead atoms. The first-order chi connectivity index (χ1) is 7.08. The van der Waals surface area contributed by atoms with Crippen LogP contribution in [0.2, 0.25) is 0 Å². The lowest BCUT2D eigenvalue weighted by atomic mass is 9.97. The SMILES string of the molecule is NC1(Cl)C=CC(c2ccccc2)=C(Cl)C1. The minimum absolute atomic E-state index is 0.469. The lowest BCUT2D eigenvalue weighted by Crippen LogP contribution is -2.32. The predicted octanol–water partition coefficient (Wildman–Crippen LogP) is 3.49. The van der Waals surface area contributed by atoms with E-state index in [4.69, 9.17) is 28.9 Å². The summed E-state index contributed by atoms with van der Waals surface area (Å²) < 4.78 is 0. The Morgan fingerprint density at radius 2 is 1.87 bits per heavy atom. The van der Waals surface area contributed by atoms with Gasteiger partial charge in [-0.1, -0.05) is 59.6 Å². The molecule has 1 aliphatic carbocycles. The fraction of sp³-hybridized carbons (Fsp3) is 0.167. The minimum Gasteiger partial charge on any atom is -0.309 e. The maximum absolute atomic E-state index is 6.17. The molecule has 3 heteroatoms. The zero-order valence-corrected chi connectivity index (χ0v) is 9.59. The van der Waals surface area contributed by atoms with Crippen molar-refractivity contribution < 1.29 is 0 Å². The van der Waals surface area contributed by atoms with E-state index < -0.39 is 5.00 Å². The number of allylic oxidation sites excluding steroid dienone is 2. The van der Waals surface area contributed by atoms with E-state index in [2.05, 4.69) is 0 Å². The summed E-state index contributed by atoms with van der Waals surface area (Å²) in [5.41, 5.74) is 7.86. The van der Waals surface area contributed by atoms with Gasteiger partial charge in [0.2, 0.25) is 0 Å². The molecule has 2 rings (SSSR count). The molecule has 78 valence electrons. The van der Waals surface area contributed by atoms with Crippen LogP contribution in [0.3, 0.4) is 0 Å². The fourth-order valence-electron chi connectivity index (χ4n) is 1.57. The van der Waals surface area contributed by atoms with Crippen molar-refractivity contribution in [3.63, 3.8) is 0 Å². The van der Waals surface area contributed by atoms with Gasteiger partial charge < -0.3 is 5.73 Å². The van der Waals surface area contributed by atoms with Crippen molar-refractivity contribution in [3.8, 4) is 0 Å². The number of hydrogen-bond acceptors (Lipinski definition) is 1. The molecule has 0 saturated carbocycles.